The van der Waals surface area contributed by atoms with Crippen LogP contribution in [0.2, 0.25) is 0 Å². The SMILES string of the molecule is CNC(=O)N1CC[C@@](C)(N2CCc3c(-c4cnc(N)nc4)nc(N4CCOC[C@@H]4C)nc32)C1. The zero-order chi connectivity index (χ0) is 23.2. The second-order valence-corrected chi connectivity index (χ2v) is 9.25. The van der Waals surface area contributed by atoms with Gasteiger partial charge in [0.25, 0.3) is 0 Å². The molecule has 3 N–H and O–H groups in total. The molecule has 0 unspecified atom stereocenters. The number of anilines is 3. The maximum atomic E-state index is 12.3. The van der Waals surface area contributed by atoms with Gasteiger partial charge in [-0.15, -0.1) is 0 Å². The Hall–Kier alpha value is -3.21. The number of amides is 2. The molecule has 2 atom stereocenters. The molecule has 5 heterocycles. The number of nitrogens with two attached hydrogens (primary N) is 1. The first kappa shape index (κ1) is 21.6. The van der Waals surface area contributed by atoms with Crippen molar-refractivity contribution in [2.45, 2.75) is 38.3 Å². The third-order valence-corrected chi connectivity index (χ3v) is 6.99. The van der Waals surface area contributed by atoms with Crippen molar-refractivity contribution in [3.05, 3.63) is 18.0 Å². The highest BCUT2D eigenvalue weighted by Gasteiger charge is 2.44. The van der Waals surface area contributed by atoms with Crippen LogP contribution in [0.15, 0.2) is 12.4 Å². The normalized spacial score (nSPS) is 24.8. The van der Waals surface area contributed by atoms with Gasteiger partial charge in [0.1, 0.15) is 5.82 Å². The van der Waals surface area contributed by atoms with Crippen molar-refractivity contribution < 1.29 is 9.53 Å². The molecule has 0 aromatic carbocycles. The van der Waals surface area contributed by atoms with E-state index in [2.05, 4.69) is 38.9 Å². The summed E-state index contributed by atoms with van der Waals surface area (Å²) in [5.41, 5.74) is 8.30. The van der Waals surface area contributed by atoms with Crippen LogP contribution in [-0.4, -0.2) is 88.9 Å². The van der Waals surface area contributed by atoms with E-state index in [1.165, 1.54) is 0 Å². The van der Waals surface area contributed by atoms with E-state index in [1.54, 1.807) is 19.4 Å². The number of morpholine rings is 1. The lowest BCUT2D eigenvalue weighted by atomic mass is 9.99. The van der Waals surface area contributed by atoms with E-state index >= 15 is 0 Å². The number of nitrogens with zero attached hydrogens (tertiary/aromatic N) is 7. The van der Waals surface area contributed by atoms with Crippen LogP contribution >= 0.6 is 0 Å². The molecule has 0 radical (unpaired) electrons. The summed E-state index contributed by atoms with van der Waals surface area (Å²) in [6.45, 7) is 8.57. The maximum Gasteiger partial charge on any atom is 0.317 e. The fourth-order valence-electron chi connectivity index (χ4n) is 5.12. The average molecular weight is 454 g/mol. The summed E-state index contributed by atoms with van der Waals surface area (Å²) >= 11 is 0. The van der Waals surface area contributed by atoms with Gasteiger partial charge < -0.3 is 30.5 Å². The molecule has 2 saturated heterocycles. The van der Waals surface area contributed by atoms with Gasteiger partial charge in [-0.05, 0) is 26.7 Å². The minimum Gasteiger partial charge on any atom is -0.377 e. The summed E-state index contributed by atoms with van der Waals surface area (Å²) in [6.07, 6.45) is 5.16. The first-order chi connectivity index (χ1) is 15.9. The predicted molar refractivity (Wildman–Crippen MR) is 125 cm³/mol. The molecule has 5 rings (SSSR count). The highest BCUT2D eigenvalue weighted by atomic mass is 16.5. The molecule has 11 heteroatoms. The van der Waals surface area contributed by atoms with Crippen LogP contribution in [0.4, 0.5) is 22.5 Å². The van der Waals surface area contributed by atoms with Gasteiger partial charge in [-0.1, -0.05) is 0 Å². The Labute approximate surface area is 193 Å². The standard InChI is InChI=1S/C22H31N9O2/c1-14-12-33-9-8-30(14)20-27-17(15-10-25-19(23)26-11-15)16-4-6-31(18(16)28-20)22(2)5-7-29(13-22)21(32)24-3/h10-11,14H,4-9,12-13H2,1-3H3,(H,24,32)(H2,23,25,26)/t14-,22+/m0/s1. The van der Waals surface area contributed by atoms with Crippen LogP contribution < -0.4 is 20.9 Å². The Morgan fingerprint density at radius 2 is 2.03 bits per heavy atom. The molecule has 2 aromatic rings. The fourth-order valence-corrected chi connectivity index (χ4v) is 5.12. The van der Waals surface area contributed by atoms with Gasteiger partial charge in [-0.25, -0.2) is 19.7 Å². The van der Waals surface area contributed by atoms with Gasteiger partial charge in [0.15, 0.2) is 0 Å². The number of nitrogen functional groups attached to an aromatic ring is 1. The van der Waals surface area contributed by atoms with Crippen LogP contribution in [0.1, 0.15) is 25.8 Å². The molecule has 0 bridgehead atoms. The van der Waals surface area contributed by atoms with E-state index in [-0.39, 0.29) is 23.6 Å². The molecule has 3 aliphatic heterocycles. The monoisotopic (exact) mass is 453 g/mol. The van der Waals surface area contributed by atoms with Crippen molar-refractivity contribution in [3.63, 3.8) is 0 Å². The molecule has 2 aromatic heterocycles. The first-order valence-electron chi connectivity index (χ1n) is 11.5. The van der Waals surface area contributed by atoms with Crippen LogP contribution in [0, 0.1) is 0 Å². The van der Waals surface area contributed by atoms with Gasteiger partial charge in [-0.3, -0.25) is 0 Å². The lowest BCUT2D eigenvalue weighted by molar-refractivity contribution is 0.0981. The number of carbonyl (C=O) groups is 1. The summed E-state index contributed by atoms with van der Waals surface area (Å²) in [4.78, 5) is 37.2. The number of urea groups is 1. The number of ether oxygens (including phenoxy) is 1. The number of rotatable bonds is 3. The van der Waals surface area contributed by atoms with E-state index in [4.69, 9.17) is 20.4 Å². The number of likely N-dealkylation sites (tertiary alicyclic amines) is 1. The van der Waals surface area contributed by atoms with Crippen molar-refractivity contribution in [2.75, 3.05) is 62.0 Å². The molecule has 11 nitrogen and oxygen atoms in total. The Morgan fingerprint density at radius 1 is 1.24 bits per heavy atom. The van der Waals surface area contributed by atoms with Gasteiger partial charge in [0.05, 0.1) is 30.5 Å². The summed E-state index contributed by atoms with van der Waals surface area (Å²) in [7, 11) is 1.67. The Bertz CT molecular complexity index is 1050. The molecule has 2 fully saturated rings. The molecule has 0 spiro atoms. The Morgan fingerprint density at radius 3 is 2.76 bits per heavy atom. The van der Waals surface area contributed by atoms with E-state index < -0.39 is 0 Å². The topological polar surface area (TPSA) is 126 Å². The lowest BCUT2D eigenvalue weighted by Crippen LogP contribution is -2.50. The van der Waals surface area contributed by atoms with Crippen molar-refractivity contribution in [1.29, 1.82) is 0 Å². The molecule has 3 aliphatic rings. The maximum absolute atomic E-state index is 12.3. The number of aromatic nitrogens is 4. The third kappa shape index (κ3) is 3.79. The van der Waals surface area contributed by atoms with Crippen LogP contribution in [0.3, 0.4) is 0 Å². The first-order valence-corrected chi connectivity index (χ1v) is 11.5. The van der Waals surface area contributed by atoms with Crippen LogP contribution in [0.25, 0.3) is 11.3 Å². The summed E-state index contributed by atoms with van der Waals surface area (Å²) in [5.74, 6) is 1.86. The van der Waals surface area contributed by atoms with E-state index in [1.807, 2.05) is 4.90 Å². The third-order valence-electron chi connectivity index (χ3n) is 6.99. The number of fused-ring (bicyclic) bond motifs is 1. The van der Waals surface area contributed by atoms with Crippen molar-refractivity contribution in [3.8, 4) is 11.3 Å². The molecule has 33 heavy (non-hydrogen) atoms. The van der Waals surface area contributed by atoms with Crippen molar-refractivity contribution >= 4 is 23.7 Å². The molecular formula is C22H31N9O2. The highest BCUT2D eigenvalue weighted by Crippen LogP contribution is 2.41. The van der Waals surface area contributed by atoms with Gasteiger partial charge in [-0.2, -0.15) is 4.98 Å². The van der Waals surface area contributed by atoms with E-state index in [9.17, 15) is 4.79 Å². The zero-order valence-electron chi connectivity index (χ0n) is 19.4. The minimum atomic E-state index is -0.200. The number of hydrogen-bond acceptors (Lipinski definition) is 9. The number of nitrogens with one attached hydrogen (secondary N) is 1. The van der Waals surface area contributed by atoms with Gasteiger partial charge >= 0.3 is 6.03 Å². The molecule has 176 valence electrons. The van der Waals surface area contributed by atoms with E-state index in [0.29, 0.717) is 25.7 Å². The van der Waals surface area contributed by atoms with Crippen molar-refractivity contribution in [2.24, 2.45) is 0 Å². The highest BCUT2D eigenvalue weighted by molar-refractivity contribution is 5.76. The minimum absolute atomic E-state index is 0.0385. The molecular weight excluding hydrogens is 422 g/mol. The number of carbonyl (C=O) groups excluding carboxylic acids is 1. The Balaban J connectivity index is 1.58. The predicted octanol–water partition coefficient (Wildman–Crippen LogP) is 0.907. The van der Waals surface area contributed by atoms with Gasteiger partial charge in [0.2, 0.25) is 11.9 Å². The average Bonchev–Trinajstić information content (AvgIpc) is 3.43. The fraction of sp³-hybridized carbons (Fsp3) is 0.591. The van der Waals surface area contributed by atoms with Crippen molar-refractivity contribution in [1.82, 2.24) is 30.2 Å². The Kier molecular flexibility index (Phi) is 5.43. The molecule has 2 amide bonds. The second-order valence-electron chi connectivity index (χ2n) is 9.25. The summed E-state index contributed by atoms with van der Waals surface area (Å²) in [6, 6.07) is 0.136. The molecule has 0 aliphatic carbocycles. The second kappa shape index (κ2) is 8.29. The van der Waals surface area contributed by atoms with E-state index in [0.717, 1.165) is 55.1 Å². The number of hydrogen-bond donors (Lipinski definition) is 2. The quantitative estimate of drug-likeness (QED) is 0.697. The largest absolute Gasteiger partial charge is 0.377 e. The van der Waals surface area contributed by atoms with Crippen LogP contribution in [-0.2, 0) is 11.2 Å². The summed E-state index contributed by atoms with van der Waals surface area (Å²) in [5, 5.41) is 2.75. The molecule has 0 saturated carbocycles. The zero-order valence-corrected chi connectivity index (χ0v) is 19.4. The van der Waals surface area contributed by atoms with Crippen LogP contribution in [0.5, 0.6) is 0 Å². The lowest BCUT2D eigenvalue weighted by Gasteiger charge is -2.38. The smallest absolute Gasteiger partial charge is 0.317 e. The van der Waals surface area contributed by atoms with Gasteiger partial charge in [0, 0.05) is 56.7 Å². The summed E-state index contributed by atoms with van der Waals surface area (Å²) < 4.78 is 5.63.